The molecule has 0 aromatic rings. The third-order valence-electron chi connectivity index (χ3n) is 11.0. The van der Waals surface area contributed by atoms with Gasteiger partial charge in [-0.1, -0.05) is 209 Å². The van der Waals surface area contributed by atoms with Gasteiger partial charge >= 0.3 is 5.97 Å². The maximum absolute atomic E-state index is 13.2. The van der Waals surface area contributed by atoms with E-state index in [9.17, 15) is 19.8 Å². The lowest BCUT2D eigenvalue weighted by Crippen LogP contribution is -2.46. The third kappa shape index (κ3) is 42.0. The molecule has 3 unspecified atom stereocenters. The summed E-state index contributed by atoms with van der Waals surface area (Å²) >= 11 is 0. The van der Waals surface area contributed by atoms with Crippen LogP contribution in [-0.4, -0.2) is 46.9 Å². The van der Waals surface area contributed by atoms with Crippen molar-refractivity contribution >= 4 is 11.9 Å². The molecule has 0 aliphatic heterocycles. The quantitative estimate of drug-likeness (QED) is 0.0323. The molecule has 0 saturated heterocycles. The second-order valence-electron chi connectivity index (χ2n) is 16.8. The highest BCUT2D eigenvalue weighted by molar-refractivity contribution is 5.77. The molecule has 60 heavy (non-hydrogen) atoms. The predicted molar refractivity (Wildman–Crippen MR) is 259 cm³/mol. The van der Waals surface area contributed by atoms with Crippen molar-refractivity contribution in [1.29, 1.82) is 0 Å². The van der Waals surface area contributed by atoms with Gasteiger partial charge in [0.2, 0.25) is 5.91 Å². The first-order chi connectivity index (χ1) is 29.5. The molecule has 0 aromatic heterocycles. The molecule has 0 aliphatic rings. The maximum atomic E-state index is 13.2. The summed E-state index contributed by atoms with van der Waals surface area (Å²) in [7, 11) is 0. The van der Waals surface area contributed by atoms with E-state index in [-0.39, 0.29) is 31.3 Å². The van der Waals surface area contributed by atoms with Gasteiger partial charge in [-0.25, -0.2) is 0 Å². The Labute approximate surface area is 371 Å². The van der Waals surface area contributed by atoms with Crippen LogP contribution in [0.1, 0.15) is 233 Å². The molecular weight excluding hydrogens is 743 g/mol. The fourth-order valence-electron chi connectivity index (χ4n) is 7.24. The minimum Gasteiger partial charge on any atom is -0.462 e. The topological polar surface area (TPSA) is 95.9 Å². The monoisotopic (exact) mass is 838 g/mol. The van der Waals surface area contributed by atoms with Crippen molar-refractivity contribution in [2.24, 2.45) is 0 Å². The molecule has 6 nitrogen and oxygen atoms in total. The zero-order valence-corrected chi connectivity index (χ0v) is 39.3. The van der Waals surface area contributed by atoms with Crippen molar-refractivity contribution in [1.82, 2.24) is 5.32 Å². The average Bonchev–Trinajstić information content (AvgIpc) is 3.24. The number of aliphatic hydroxyl groups excluding tert-OH is 2. The molecule has 0 saturated carbocycles. The molecule has 1 amide bonds. The van der Waals surface area contributed by atoms with E-state index in [4.69, 9.17) is 4.74 Å². The second kappa shape index (κ2) is 47.4. The van der Waals surface area contributed by atoms with Gasteiger partial charge in [0.25, 0.3) is 0 Å². The summed E-state index contributed by atoms with van der Waals surface area (Å²) in [5, 5.41) is 23.7. The number of hydrogen-bond acceptors (Lipinski definition) is 5. The molecule has 6 heteroatoms. The molecular formula is C54H95NO5. The van der Waals surface area contributed by atoms with Crippen LogP contribution in [-0.2, 0) is 14.3 Å². The number of carbonyl (C=O) groups is 2. The van der Waals surface area contributed by atoms with Crippen LogP contribution in [0, 0.1) is 0 Å². The van der Waals surface area contributed by atoms with Gasteiger partial charge in [0.15, 0.2) is 0 Å². The fraction of sp³-hybridized carbons (Fsp3) is 0.741. The summed E-state index contributed by atoms with van der Waals surface area (Å²) in [5.41, 5.74) is 0. The normalized spacial score (nSPS) is 13.9. The van der Waals surface area contributed by atoms with Gasteiger partial charge in [0.05, 0.1) is 25.2 Å². The number of allylic oxidation sites excluding steroid dienone is 12. The highest BCUT2D eigenvalue weighted by atomic mass is 16.5. The Balaban J connectivity index is 4.73. The fourth-order valence-corrected chi connectivity index (χ4v) is 7.24. The van der Waals surface area contributed by atoms with Crippen LogP contribution in [0.4, 0.5) is 0 Å². The minimum absolute atomic E-state index is 0.0400. The van der Waals surface area contributed by atoms with E-state index in [0.717, 1.165) is 77.0 Å². The van der Waals surface area contributed by atoms with Crippen molar-refractivity contribution in [3.05, 3.63) is 72.9 Å². The minimum atomic E-state index is -0.803. The number of esters is 1. The third-order valence-corrected chi connectivity index (χ3v) is 11.0. The molecule has 0 radical (unpaired) electrons. The average molecular weight is 838 g/mol. The van der Waals surface area contributed by atoms with E-state index in [1.807, 2.05) is 6.08 Å². The van der Waals surface area contributed by atoms with Crippen LogP contribution < -0.4 is 5.32 Å². The summed E-state index contributed by atoms with van der Waals surface area (Å²) in [5.74, 6) is -0.583. The van der Waals surface area contributed by atoms with Crippen LogP contribution in [0.25, 0.3) is 0 Å². The number of aliphatic hydroxyl groups is 2. The van der Waals surface area contributed by atoms with Crippen LogP contribution >= 0.6 is 0 Å². The lowest BCUT2D eigenvalue weighted by molar-refractivity contribution is -0.150. The number of rotatable bonds is 44. The Morgan fingerprint density at radius 1 is 0.500 bits per heavy atom. The standard InChI is InChI=1S/C54H95NO5/c1-4-7-10-13-16-19-22-24-26-28-30-32-35-38-41-44-47-54(59)60-50(45-42-39-36-33-31-29-27-25-23-20-17-14-11-8-5-2)48-53(58)55-51(49-56)52(57)46-43-40-37-34-21-18-15-12-9-6-3/h7,10,16,19,24-27,30,32,38,41,50-52,56-57H,4-6,8-9,11-15,17-18,20-23,28-29,31,33-37,39-40,42-49H2,1-3H3,(H,55,58)/b10-7+,19-16+,26-24+,27-25+,32-30+,41-38+. The Morgan fingerprint density at radius 3 is 1.37 bits per heavy atom. The van der Waals surface area contributed by atoms with Crippen molar-refractivity contribution in [2.75, 3.05) is 6.61 Å². The SMILES string of the molecule is CC/C=C/C/C=C/C/C=C/C/C=C/C/C=C/CCC(=O)OC(CCCCCCC/C=C/CCCCCCCC)CC(=O)NC(CO)C(O)CCCCCCCCCCCC. The first-order valence-electron chi connectivity index (χ1n) is 25.2. The largest absolute Gasteiger partial charge is 0.462 e. The Bertz CT molecular complexity index is 1120. The molecule has 3 N–H and O–H groups in total. The summed E-state index contributed by atoms with van der Waals surface area (Å²) in [6.45, 7) is 6.33. The van der Waals surface area contributed by atoms with Crippen LogP contribution in [0.3, 0.4) is 0 Å². The van der Waals surface area contributed by atoms with Crippen molar-refractivity contribution in [3.8, 4) is 0 Å². The number of unbranched alkanes of at least 4 members (excludes halogenated alkanes) is 20. The van der Waals surface area contributed by atoms with E-state index in [2.05, 4.69) is 92.9 Å². The Hall–Kier alpha value is -2.70. The molecule has 0 heterocycles. The molecule has 346 valence electrons. The van der Waals surface area contributed by atoms with Crippen molar-refractivity contribution < 1.29 is 24.5 Å². The smallest absolute Gasteiger partial charge is 0.306 e. The highest BCUT2D eigenvalue weighted by Crippen LogP contribution is 2.17. The zero-order chi connectivity index (χ0) is 43.8. The lowest BCUT2D eigenvalue weighted by atomic mass is 10.0. The number of hydrogen-bond donors (Lipinski definition) is 3. The molecule has 0 aromatic carbocycles. The van der Waals surface area contributed by atoms with Crippen molar-refractivity contribution in [2.45, 2.75) is 251 Å². The lowest BCUT2D eigenvalue weighted by Gasteiger charge is -2.24. The predicted octanol–water partition coefficient (Wildman–Crippen LogP) is 15.0. The highest BCUT2D eigenvalue weighted by Gasteiger charge is 2.24. The summed E-state index contributed by atoms with van der Waals surface area (Å²) < 4.78 is 5.88. The zero-order valence-electron chi connectivity index (χ0n) is 39.3. The van der Waals surface area contributed by atoms with Gasteiger partial charge in [-0.15, -0.1) is 0 Å². The molecule has 0 bridgehead atoms. The van der Waals surface area contributed by atoms with Gasteiger partial charge in [-0.05, 0) is 83.5 Å². The number of ether oxygens (including phenoxy) is 1. The number of amides is 1. The number of carbonyl (C=O) groups excluding carboxylic acids is 2. The molecule has 3 atom stereocenters. The van der Waals surface area contributed by atoms with Gasteiger partial charge in [0, 0.05) is 6.42 Å². The summed E-state index contributed by atoms with van der Waals surface area (Å²) in [6, 6.07) is -0.720. The molecule has 0 fully saturated rings. The molecule has 0 rings (SSSR count). The van der Waals surface area contributed by atoms with E-state index in [0.29, 0.717) is 19.3 Å². The summed E-state index contributed by atoms with van der Waals surface area (Å²) in [6.07, 6.45) is 59.7. The summed E-state index contributed by atoms with van der Waals surface area (Å²) in [4.78, 5) is 26.1. The van der Waals surface area contributed by atoms with E-state index >= 15 is 0 Å². The first-order valence-corrected chi connectivity index (χ1v) is 25.2. The second-order valence-corrected chi connectivity index (χ2v) is 16.8. The van der Waals surface area contributed by atoms with Gasteiger partial charge in [-0.3, -0.25) is 9.59 Å². The molecule has 0 spiro atoms. The van der Waals surface area contributed by atoms with Gasteiger partial charge < -0.3 is 20.3 Å². The van der Waals surface area contributed by atoms with Crippen LogP contribution in [0.15, 0.2) is 72.9 Å². The van der Waals surface area contributed by atoms with E-state index in [1.165, 1.54) is 103 Å². The van der Waals surface area contributed by atoms with Crippen molar-refractivity contribution in [3.63, 3.8) is 0 Å². The van der Waals surface area contributed by atoms with Gasteiger partial charge in [-0.2, -0.15) is 0 Å². The van der Waals surface area contributed by atoms with E-state index < -0.39 is 18.2 Å². The Kier molecular flexibility index (Phi) is 45.2. The van der Waals surface area contributed by atoms with Crippen LogP contribution in [0.5, 0.6) is 0 Å². The maximum Gasteiger partial charge on any atom is 0.306 e. The van der Waals surface area contributed by atoms with Gasteiger partial charge in [0.1, 0.15) is 6.10 Å². The molecule has 0 aliphatic carbocycles. The number of nitrogens with one attached hydrogen (secondary N) is 1. The Morgan fingerprint density at radius 2 is 0.900 bits per heavy atom. The first kappa shape index (κ1) is 57.3. The van der Waals surface area contributed by atoms with Crippen LogP contribution in [0.2, 0.25) is 0 Å². The van der Waals surface area contributed by atoms with E-state index in [1.54, 1.807) is 0 Å².